The number of methoxy groups -OCH3 is 2. The van der Waals surface area contributed by atoms with Crippen molar-refractivity contribution in [3.05, 3.63) is 42.0 Å². The Hall–Kier alpha value is -4.03. The van der Waals surface area contributed by atoms with Gasteiger partial charge in [-0.3, -0.25) is 4.98 Å². The van der Waals surface area contributed by atoms with Crippen molar-refractivity contribution in [2.45, 2.75) is 31.5 Å². The average Bonchev–Trinajstić information content (AvgIpc) is 3.44. The number of nitrogen functional groups attached to an aromatic ring is 1. The third-order valence-corrected chi connectivity index (χ3v) is 6.51. The molecule has 12 nitrogen and oxygen atoms in total. The molecule has 1 fully saturated rings. The molecule has 3 aromatic heterocycles. The Bertz CT molecular complexity index is 1430. The first-order chi connectivity index (χ1) is 17.6. The number of aromatic nitrogens is 6. The van der Waals surface area contributed by atoms with Crippen LogP contribution in [0.4, 0.5) is 17.6 Å². The number of nitrogens with zero attached hydrogens (tertiary/aromatic N) is 6. The van der Waals surface area contributed by atoms with Gasteiger partial charge in [-0.2, -0.15) is 9.67 Å². The summed E-state index contributed by atoms with van der Waals surface area (Å²) in [6.45, 7) is 1.25. The maximum atomic E-state index is 6.24. The number of ether oxygens (including phenoxy) is 4. The molecular weight excluding hydrogens is 464 g/mol. The minimum Gasteiger partial charge on any atom is -0.493 e. The van der Waals surface area contributed by atoms with E-state index in [1.54, 1.807) is 32.5 Å². The van der Waals surface area contributed by atoms with E-state index in [0.29, 0.717) is 53.8 Å². The van der Waals surface area contributed by atoms with Crippen LogP contribution < -0.4 is 20.5 Å². The maximum absolute atomic E-state index is 6.24. The van der Waals surface area contributed by atoms with Crippen LogP contribution in [0.2, 0.25) is 0 Å². The van der Waals surface area contributed by atoms with Crippen molar-refractivity contribution >= 4 is 28.5 Å². The van der Waals surface area contributed by atoms with Gasteiger partial charge in [0.1, 0.15) is 6.33 Å². The van der Waals surface area contributed by atoms with Crippen LogP contribution in [-0.4, -0.2) is 62.9 Å². The zero-order valence-electron chi connectivity index (χ0n) is 20.0. The fourth-order valence-corrected chi connectivity index (χ4v) is 4.83. The second kappa shape index (κ2) is 8.88. The van der Waals surface area contributed by atoms with Crippen molar-refractivity contribution in [2.75, 3.05) is 38.5 Å². The number of nitrogens with two attached hydrogens (primary N) is 1. The van der Waals surface area contributed by atoms with Gasteiger partial charge in [0, 0.05) is 30.0 Å². The van der Waals surface area contributed by atoms with E-state index in [1.807, 2.05) is 0 Å². The maximum Gasteiger partial charge on any atom is 0.248 e. The average molecular weight is 491 g/mol. The Morgan fingerprint density at radius 3 is 2.67 bits per heavy atom. The standard InChI is InChI=1S/C24H26N8O4/c1-33-19-9-16-18(10-20(19)34-2)27-13-28-21(16)32-22(25)30-23(31-32)29-15-8-14-11-24(35-6-7-36-24)5-3-4-17(14)26-12-15/h8-10,12-13H,3-7,11H2,1-2H3,(H3,25,29,30,31). The third kappa shape index (κ3) is 3.93. The summed E-state index contributed by atoms with van der Waals surface area (Å²) in [5, 5.41) is 8.46. The van der Waals surface area contributed by atoms with E-state index in [0.717, 1.165) is 36.2 Å². The molecule has 1 aromatic carbocycles. The molecule has 36 heavy (non-hydrogen) atoms. The predicted octanol–water partition coefficient (Wildman–Crippen LogP) is 2.57. The molecule has 12 heteroatoms. The molecule has 0 bridgehead atoms. The molecule has 1 saturated heterocycles. The molecule has 6 rings (SSSR count). The van der Waals surface area contributed by atoms with Crippen LogP contribution in [0.1, 0.15) is 24.1 Å². The molecule has 0 amide bonds. The highest BCUT2D eigenvalue weighted by Gasteiger charge is 2.38. The zero-order valence-corrected chi connectivity index (χ0v) is 20.0. The van der Waals surface area contributed by atoms with Gasteiger partial charge in [-0.05, 0) is 30.5 Å². The van der Waals surface area contributed by atoms with E-state index >= 15 is 0 Å². The highest BCUT2D eigenvalue weighted by atomic mass is 16.7. The summed E-state index contributed by atoms with van der Waals surface area (Å²) in [4.78, 5) is 17.8. The van der Waals surface area contributed by atoms with E-state index in [2.05, 4.69) is 36.4 Å². The molecule has 1 aliphatic heterocycles. The van der Waals surface area contributed by atoms with E-state index in [4.69, 9.17) is 24.7 Å². The second-order valence-electron chi connectivity index (χ2n) is 8.72. The minimum absolute atomic E-state index is 0.168. The van der Waals surface area contributed by atoms with Crippen molar-refractivity contribution in [2.24, 2.45) is 0 Å². The monoisotopic (exact) mass is 490 g/mol. The molecule has 186 valence electrons. The predicted molar refractivity (Wildman–Crippen MR) is 131 cm³/mol. The molecule has 1 spiro atoms. The summed E-state index contributed by atoms with van der Waals surface area (Å²) in [5.74, 6) is 1.51. The molecule has 0 radical (unpaired) electrons. The minimum atomic E-state index is -0.548. The lowest BCUT2D eigenvalue weighted by Crippen LogP contribution is -2.32. The Labute approximate surface area is 206 Å². The van der Waals surface area contributed by atoms with Crippen LogP contribution in [0.15, 0.2) is 30.7 Å². The van der Waals surface area contributed by atoms with E-state index in [-0.39, 0.29) is 5.95 Å². The third-order valence-electron chi connectivity index (χ3n) is 6.51. The lowest BCUT2D eigenvalue weighted by molar-refractivity contribution is -0.160. The molecule has 4 heterocycles. The highest BCUT2D eigenvalue weighted by molar-refractivity contribution is 5.88. The van der Waals surface area contributed by atoms with Gasteiger partial charge in [0.15, 0.2) is 23.1 Å². The van der Waals surface area contributed by atoms with Crippen molar-refractivity contribution in [1.82, 2.24) is 29.7 Å². The van der Waals surface area contributed by atoms with Crippen LogP contribution in [-0.2, 0) is 22.3 Å². The van der Waals surface area contributed by atoms with Gasteiger partial charge < -0.3 is 30.0 Å². The lowest BCUT2D eigenvalue weighted by Gasteiger charge is -2.25. The SMILES string of the molecule is COc1cc2ncnc(-n3nc(Nc4cnc5c(c4)CC4(CCC5)OCCO4)nc3N)c2cc1OC. The van der Waals surface area contributed by atoms with Crippen LogP contribution in [0, 0.1) is 0 Å². The molecule has 4 aromatic rings. The Balaban J connectivity index is 1.32. The molecule has 2 aliphatic rings. The Morgan fingerprint density at radius 2 is 1.86 bits per heavy atom. The number of fused-ring (bicyclic) bond motifs is 2. The van der Waals surface area contributed by atoms with Gasteiger partial charge in [-0.25, -0.2) is 9.97 Å². The number of hydrogen-bond donors (Lipinski definition) is 2. The second-order valence-corrected chi connectivity index (χ2v) is 8.72. The first kappa shape index (κ1) is 22.4. The van der Waals surface area contributed by atoms with E-state index in [9.17, 15) is 0 Å². The van der Waals surface area contributed by atoms with E-state index < -0.39 is 5.79 Å². The van der Waals surface area contributed by atoms with Gasteiger partial charge in [-0.15, -0.1) is 5.10 Å². The van der Waals surface area contributed by atoms with Gasteiger partial charge in [-0.1, -0.05) is 0 Å². The quantitative estimate of drug-likeness (QED) is 0.426. The van der Waals surface area contributed by atoms with Gasteiger partial charge in [0.05, 0.1) is 44.8 Å². The normalized spacial score (nSPS) is 16.6. The smallest absolute Gasteiger partial charge is 0.248 e. The summed E-state index contributed by atoms with van der Waals surface area (Å²) in [5.41, 5.74) is 9.80. The number of aryl methyl sites for hydroxylation is 1. The number of benzene rings is 1. The summed E-state index contributed by atoms with van der Waals surface area (Å²) >= 11 is 0. The largest absolute Gasteiger partial charge is 0.493 e. The highest BCUT2D eigenvalue weighted by Crippen LogP contribution is 2.35. The van der Waals surface area contributed by atoms with Crippen LogP contribution >= 0.6 is 0 Å². The van der Waals surface area contributed by atoms with Crippen LogP contribution in [0.3, 0.4) is 0 Å². The number of nitrogens with one attached hydrogen (secondary N) is 1. The van der Waals surface area contributed by atoms with Gasteiger partial charge in [0.2, 0.25) is 11.9 Å². The number of hydrogen-bond acceptors (Lipinski definition) is 11. The molecule has 0 unspecified atom stereocenters. The Morgan fingerprint density at radius 1 is 1.06 bits per heavy atom. The van der Waals surface area contributed by atoms with E-state index in [1.165, 1.54) is 11.0 Å². The van der Waals surface area contributed by atoms with Gasteiger partial charge >= 0.3 is 0 Å². The fraction of sp³-hybridized carbons (Fsp3) is 0.375. The van der Waals surface area contributed by atoms with Crippen molar-refractivity contribution in [3.63, 3.8) is 0 Å². The summed E-state index contributed by atoms with van der Waals surface area (Å²) in [6.07, 6.45) is 6.60. The molecule has 3 N–H and O–H groups in total. The van der Waals surface area contributed by atoms with Crippen molar-refractivity contribution < 1.29 is 18.9 Å². The van der Waals surface area contributed by atoms with Crippen molar-refractivity contribution in [3.8, 4) is 17.3 Å². The van der Waals surface area contributed by atoms with Gasteiger partial charge in [0.25, 0.3) is 0 Å². The number of anilines is 3. The summed E-state index contributed by atoms with van der Waals surface area (Å²) < 4.78 is 24.2. The lowest BCUT2D eigenvalue weighted by atomic mass is 10.0. The molecule has 1 aliphatic carbocycles. The first-order valence-electron chi connectivity index (χ1n) is 11.7. The summed E-state index contributed by atoms with van der Waals surface area (Å²) in [7, 11) is 3.14. The first-order valence-corrected chi connectivity index (χ1v) is 11.7. The Kier molecular flexibility index (Phi) is 5.53. The van der Waals surface area contributed by atoms with Crippen LogP contribution in [0.5, 0.6) is 11.5 Å². The number of rotatable bonds is 5. The molecular formula is C24H26N8O4. The fourth-order valence-electron chi connectivity index (χ4n) is 4.83. The summed E-state index contributed by atoms with van der Waals surface area (Å²) in [6, 6.07) is 5.61. The van der Waals surface area contributed by atoms with Crippen LogP contribution in [0.25, 0.3) is 16.7 Å². The zero-order chi connectivity index (χ0) is 24.7. The number of pyridine rings is 1. The van der Waals surface area contributed by atoms with Crippen molar-refractivity contribution in [1.29, 1.82) is 0 Å². The topological polar surface area (TPSA) is 144 Å². The molecule has 0 saturated carbocycles. The molecule has 0 atom stereocenters.